The van der Waals surface area contributed by atoms with E-state index < -0.39 is 16.0 Å². The van der Waals surface area contributed by atoms with Gasteiger partial charge in [-0.05, 0) is 54.3 Å². The van der Waals surface area contributed by atoms with Crippen LogP contribution in [0.5, 0.6) is 5.75 Å². The number of carbonyl (C=O) groups is 2. The molecule has 0 radical (unpaired) electrons. The lowest BCUT2D eigenvalue weighted by Crippen LogP contribution is -2.40. The monoisotopic (exact) mass is 429 g/mol. The van der Waals surface area contributed by atoms with Crippen LogP contribution in [0.25, 0.3) is 0 Å². The Morgan fingerprint density at radius 2 is 1.77 bits per heavy atom. The maximum Gasteiger partial charge on any atom is 0.343 e. The van der Waals surface area contributed by atoms with Crippen molar-refractivity contribution in [3.63, 3.8) is 0 Å². The number of benzene rings is 2. The molecule has 0 N–H and O–H groups in total. The smallest absolute Gasteiger partial charge is 0.343 e. The van der Waals surface area contributed by atoms with E-state index in [0.717, 1.165) is 11.1 Å². The fourth-order valence-corrected chi connectivity index (χ4v) is 5.46. The van der Waals surface area contributed by atoms with Crippen LogP contribution >= 0.6 is 0 Å². The van der Waals surface area contributed by atoms with Crippen molar-refractivity contribution in [1.82, 2.24) is 4.31 Å². The Labute approximate surface area is 175 Å². The Hall–Kier alpha value is -2.55. The second-order valence-corrected chi connectivity index (χ2v) is 9.57. The number of hydrogen-bond acceptors (Lipinski definition) is 6. The van der Waals surface area contributed by atoms with Gasteiger partial charge in [0, 0.05) is 19.5 Å². The molecule has 2 aromatic carbocycles. The van der Waals surface area contributed by atoms with Gasteiger partial charge in [0.25, 0.3) is 0 Å². The van der Waals surface area contributed by atoms with Gasteiger partial charge in [0.15, 0.2) is 5.78 Å². The first-order valence-corrected chi connectivity index (χ1v) is 11.3. The third-order valence-corrected chi connectivity index (χ3v) is 7.50. The highest BCUT2D eigenvalue weighted by Crippen LogP contribution is 2.40. The number of morpholine rings is 1. The molecule has 0 saturated carbocycles. The highest BCUT2D eigenvalue weighted by molar-refractivity contribution is 7.89. The third-order valence-electron chi connectivity index (χ3n) is 5.59. The van der Waals surface area contributed by atoms with E-state index in [1.54, 1.807) is 6.07 Å². The van der Waals surface area contributed by atoms with E-state index in [4.69, 9.17) is 9.47 Å². The normalized spacial score (nSPS) is 19.5. The molecule has 1 aliphatic carbocycles. The van der Waals surface area contributed by atoms with E-state index in [0.29, 0.717) is 38.3 Å². The second-order valence-electron chi connectivity index (χ2n) is 7.63. The Morgan fingerprint density at radius 1 is 1.10 bits per heavy atom. The van der Waals surface area contributed by atoms with Crippen LogP contribution in [-0.4, -0.2) is 50.8 Å². The van der Waals surface area contributed by atoms with E-state index in [2.05, 4.69) is 0 Å². The van der Waals surface area contributed by atoms with Crippen LogP contribution in [0, 0.1) is 6.92 Å². The van der Waals surface area contributed by atoms with Crippen molar-refractivity contribution < 1.29 is 27.5 Å². The summed E-state index contributed by atoms with van der Waals surface area (Å²) in [6, 6.07) is 9.12. The molecule has 0 bridgehead atoms. The zero-order valence-electron chi connectivity index (χ0n) is 16.9. The molecule has 2 aliphatic rings. The molecule has 8 heteroatoms. The average molecular weight is 429 g/mol. The summed E-state index contributed by atoms with van der Waals surface area (Å²) in [5, 5.41) is 0. The lowest BCUT2D eigenvalue weighted by atomic mass is 9.97. The summed E-state index contributed by atoms with van der Waals surface area (Å²) in [6.45, 7) is 5.25. The zero-order chi connectivity index (χ0) is 21.5. The lowest BCUT2D eigenvalue weighted by molar-refractivity contribution is 0.0730. The van der Waals surface area contributed by atoms with Gasteiger partial charge in [-0.3, -0.25) is 4.79 Å². The number of hydrogen-bond donors (Lipinski definition) is 0. The molecule has 0 spiro atoms. The Balaban J connectivity index is 1.55. The highest BCUT2D eigenvalue weighted by atomic mass is 32.2. The molecule has 1 unspecified atom stereocenters. The van der Waals surface area contributed by atoms with Crippen LogP contribution in [0.4, 0.5) is 0 Å². The molecule has 4 rings (SSSR count). The van der Waals surface area contributed by atoms with E-state index in [9.17, 15) is 18.0 Å². The molecular formula is C22H23NO6S. The van der Waals surface area contributed by atoms with E-state index >= 15 is 0 Å². The minimum absolute atomic E-state index is 0.0315. The fourth-order valence-electron chi connectivity index (χ4n) is 4.05. The zero-order valence-corrected chi connectivity index (χ0v) is 17.7. The van der Waals surface area contributed by atoms with E-state index in [1.807, 2.05) is 19.9 Å². The summed E-state index contributed by atoms with van der Waals surface area (Å²) in [5.41, 5.74) is 2.61. The quantitative estimate of drug-likeness (QED) is 0.548. The number of esters is 1. The van der Waals surface area contributed by atoms with Crippen LogP contribution < -0.4 is 4.74 Å². The summed E-state index contributed by atoms with van der Waals surface area (Å²) in [5.74, 6) is -0.324. The first kappa shape index (κ1) is 20.7. The number of ketones is 1. The number of carbonyl (C=O) groups excluding carboxylic acids is 2. The number of Topliss-reactive ketones (excluding diaryl/α,β-unsaturated/α-hetero) is 1. The molecule has 2 aromatic rings. The Morgan fingerprint density at radius 3 is 2.43 bits per heavy atom. The molecule has 158 valence electrons. The van der Waals surface area contributed by atoms with Crippen LogP contribution in [0.2, 0.25) is 0 Å². The first-order chi connectivity index (χ1) is 14.3. The summed E-state index contributed by atoms with van der Waals surface area (Å²) in [7, 11) is -3.63. The van der Waals surface area contributed by atoms with Crippen LogP contribution in [0.3, 0.4) is 0 Å². The van der Waals surface area contributed by atoms with E-state index in [-0.39, 0.29) is 27.9 Å². The summed E-state index contributed by atoms with van der Waals surface area (Å²) in [6.07, 6.45) is 0.402. The standard InChI is InChI=1S/C22H23NO6S/c1-14-3-8-19(21-18(24)13-15(2)20(14)21)29-22(25)16-4-6-17(7-5-16)30(26,27)23-9-11-28-12-10-23/h3-8,15H,9-13H2,1-2H3. The Kier molecular flexibility index (Phi) is 5.48. The summed E-state index contributed by atoms with van der Waals surface area (Å²) < 4.78 is 37.5. The molecule has 1 fully saturated rings. The lowest BCUT2D eigenvalue weighted by Gasteiger charge is -2.26. The Bertz CT molecular complexity index is 1100. The van der Waals surface area contributed by atoms with Crippen molar-refractivity contribution in [2.24, 2.45) is 0 Å². The van der Waals surface area contributed by atoms with Gasteiger partial charge in [-0.1, -0.05) is 13.0 Å². The van der Waals surface area contributed by atoms with Crippen molar-refractivity contribution in [2.75, 3.05) is 26.3 Å². The number of rotatable bonds is 4. The predicted molar refractivity (Wildman–Crippen MR) is 110 cm³/mol. The number of fused-ring (bicyclic) bond motifs is 1. The van der Waals surface area contributed by atoms with Crippen molar-refractivity contribution in [3.05, 3.63) is 58.7 Å². The fraction of sp³-hybridized carbons (Fsp3) is 0.364. The van der Waals surface area contributed by atoms with Crippen LogP contribution in [0.15, 0.2) is 41.3 Å². The van der Waals surface area contributed by atoms with Gasteiger partial charge in [-0.2, -0.15) is 4.31 Å². The van der Waals surface area contributed by atoms with Gasteiger partial charge in [-0.25, -0.2) is 13.2 Å². The molecular weight excluding hydrogens is 406 g/mol. The van der Waals surface area contributed by atoms with Gasteiger partial charge >= 0.3 is 5.97 Å². The molecule has 7 nitrogen and oxygen atoms in total. The number of nitrogens with zero attached hydrogens (tertiary/aromatic N) is 1. The second kappa shape index (κ2) is 7.94. The average Bonchev–Trinajstić information content (AvgIpc) is 3.06. The molecule has 1 atom stereocenters. The van der Waals surface area contributed by atoms with Gasteiger partial charge < -0.3 is 9.47 Å². The minimum Gasteiger partial charge on any atom is -0.422 e. The minimum atomic E-state index is -3.63. The number of aryl methyl sites for hydroxylation is 1. The summed E-state index contributed by atoms with van der Waals surface area (Å²) in [4.78, 5) is 25.2. The number of sulfonamides is 1. The number of ether oxygens (including phenoxy) is 2. The first-order valence-electron chi connectivity index (χ1n) is 9.86. The highest BCUT2D eigenvalue weighted by Gasteiger charge is 2.32. The van der Waals surface area contributed by atoms with Crippen LogP contribution in [0.1, 0.15) is 51.1 Å². The van der Waals surface area contributed by atoms with Crippen molar-refractivity contribution >= 4 is 21.8 Å². The molecule has 0 amide bonds. The van der Waals surface area contributed by atoms with Gasteiger partial charge in [-0.15, -0.1) is 0 Å². The largest absolute Gasteiger partial charge is 0.422 e. The predicted octanol–water partition coefficient (Wildman–Crippen LogP) is 2.93. The van der Waals surface area contributed by atoms with Crippen LogP contribution in [-0.2, 0) is 14.8 Å². The molecule has 30 heavy (non-hydrogen) atoms. The summed E-state index contributed by atoms with van der Waals surface area (Å²) >= 11 is 0. The van der Waals surface area contributed by atoms with Gasteiger partial charge in [0.1, 0.15) is 5.75 Å². The molecule has 0 aromatic heterocycles. The SMILES string of the molecule is Cc1ccc(OC(=O)c2ccc(S(=O)(=O)N3CCOCC3)cc2)c2c1C(C)CC2=O. The van der Waals surface area contributed by atoms with Gasteiger partial charge in [0.2, 0.25) is 10.0 Å². The maximum atomic E-state index is 12.7. The van der Waals surface area contributed by atoms with Crippen molar-refractivity contribution in [1.29, 1.82) is 0 Å². The van der Waals surface area contributed by atoms with E-state index in [1.165, 1.54) is 28.6 Å². The maximum absolute atomic E-state index is 12.7. The molecule has 1 aliphatic heterocycles. The molecule has 1 saturated heterocycles. The van der Waals surface area contributed by atoms with Gasteiger partial charge in [0.05, 0.1) is 29.2 Å². The topological polar surface area (TPSA) is 90.0 Å². The molecule has 1 heterocycles. The third kappa shape index (κ3) is 3.66. The van der Waals surface area contributed by atoms with Crippen molar-refractivity contribution in [3.8, 4) is 5.75 Å². The van der Waals surface area contributed by atoms with Crippen molar-refractivity contribution in [2.45, 2.75) is 31.1 Å².